The number of carboxylic acid groups (broad SMARTS) is 1. The molecule has 42 heavy (non-hydrogen) atoms. The third-order valence-electron chi connectivity index (χ3n) is 6.56. The standard InChI is InChI=1S/C26H27N5O7.C2H4O2/c1-15-3-4-16-9-22(15)36-14-24(32)27-11-17-5-6-18(10-23(17)35-2)37-21-7-8-31(13-20(21)29-25(16)33)26(34)19-12-28-38-30-19;1-2(3)4/h3-6,9-10,12,20-21H,7-8,11,13-14H2,1-2H3,(H,27,32)(H,29,33);1H3,(H,3,4)/t20-,21+;/m0./s1. The smallest absolute Gasteiger partial charge is 0.300 e. The van der Waals surface area contributed by atoms with Crippen LogP contribution < -0.4 is 24.8 Å². The van der Waals surface area contributed by atoms with Crippen molar-refractivity contribution in [2.24, 2.45) is 0 Å². The summed E-state index contributed by atoms with van der Waals surface area (Å²) in [5.74, 6) is -0.368. The van der Waals surface area contributed by atoms with Crippen LogP contribution in [-0.4, -0.2) is 83.0 Å². The number of aryl methyl sites for hydroxylation is 1. The lowest BCUT2D eigenvalue weighted by atomic mass is 10.0. The van der Waals surface area contributed by atoms with Crippen molar-refractivity contribution in [3.05, 3.63) is 65.0 Å². The summed E-state index contributed by atoms with van der Waals surface area (Å²) in [5.41, 5.74) is 1.98. The van der Waals surface area contributed by atoms with E-state index >= 15 is 0 Å². The molecule has 14 heteroatoms. The van der Waals surface area contributed by atoms with Crippen LogP contribution >= 0.6 is 0 Å². The van der Waals surface area contributed by atoms with Gasteiger partial charge in [0.2, 0.25) is 0 Å². The molecule has 4 bridgehead atoms. The Bertz CT molecular complexity index is 1440. The van der Waals surface area contributed by atoms with Gasteiger partial charge in [-0.3, -0.25) is 19.2 Å². The maximum atomic E-state index is 13.3. The normalized spacial score (nSPS) is 18.5. The number of likely N-dealkylation sites (tertiary alicyclic amines) is 1. The van der Waals surface area contributed by atoms with Gasteiger partial charge in [-0.05, 0) is 41.9 Å². The van der Waals surface area contributed by atoms with Gasteiger partial charge in [-0.2, -0.15) is 0 Å². The number of carbonyl (C=O) groups is 4. The molecule has 222 valence electrons. The van der Waals surface area contributed by atoms with E-state index in [0.29, 0.717) is 35.8 Å². The van der Waals surface area contributed by atoms with Crippen molar-refractivity contribution in [1.82, 2.24) is 25.8 Å². The number of carbonyl (C=O) groups excluding carboxylic acids is 3. The average Bonchev–Trinajstić information content (AvgIpc) is 3.51. The Labute approximate surface area is 240 Å². The van der Waals surface area contributed by atoms with Gasteiger partial charge in [0.25, 0.3) is 23.7 Å². The molecule has 1 aromatic heterocycles. The van der Waals surface area contributed by atoms with Crippen molar-refractivity contribution < 1.29 is 43.1 Å². The van der Waals surface area contributed by atoms with Crippen LogP contribution in [0.25, 0.3) is 0 Å². The molecular formula is C28H31N5O9. The fourth-order valence-corrected chi connectivity index (χ4v) is 4.47. The number of ether oxygens (including phenoxy) is 3. The van der Waals surface area contributed by atoms with Gasteiger partial charge in [0.1, 0.15) is 29.5 Å². The maximum Gasteiger partial charge on any atom is 0.300 e. The van der Waals surface area contributed by atoms with E-state index in [1.807, 2.05) is 13.0 Å². The molecule has 3 aromatic rings. The second kappa shape index (κ2) is 13.5. The molecule has 6 rings (SSSR count). The first-order valence-electron chi connectivity index (χ1n) is 13.1. The summed E-state index contributed by atoms with van der Waals surface area (Å²) in [7, 11) is 1.54. The predicted molar refractivity (Wildman–Crippen MR) is 145 cm³/mol. The van der Waals surface area contributed by atoms with Crippen LogP contribution in [0.3, 0.4) is 0 Å². The van der Waals surface area contributed by atoms with E-state index in [-0.39, 0.29) is 43.1 Å². The van der Waals surface area contributed by atoms with Crippen LogP contribution in [-0.2, 0) is 16.1 Å². The molecule has 14 nitrogen and oxygen atoms in total. The van der Waals surface area contributed by atoms with Gasteiger partial charge >= 0.3 is 0 Å². The number of nitrogens with zero attached hydrogens (tertiary/aromatic N) is 3. The highest BCUT2D eigenvalue weighted by atomic mass is 16.6. The first-order valence-corrected chi connectivity index (χ1v) is 13.1. The average molecular weight is 582 g/mol. The van der Waals surface area contributed by atoms with Crippen molar-refractivity contribution in [3.63, 3.8) is 0 Å². The number of benzene rings is 2. The van der Waals surface area contributed by atoms with E-state index < -0.39 is 18.1 Å². The molecule has 3 amide bonds. The topological polar surface area (TPSA) is 182 Å². The Morgan fingerprint density at radius 1 is 1.17 bits per heavy atom. The zero-order valence-corrected chi connectivity index (χ0v) is 23.3. The van der Waals surface area contributed by atoms with Crippen molar-refractivity contribution in [2.75, 3.05) is 26.8 Å². The number of rotatable bonds is 2. The SMILES string of the molecule is CC(=O)O.COc1cc2ccc1CNC(=O)COc1cc(ccc1C)C(=O)N[C@H]1CN(C(=O)c3cnon3)CC[C@H]1O2. The lowest BCUT2D eigenvalue weighted by Gasteiger charge is -2.38. The largest absolute Gasteiger partial charge is 0.496 e. The number of aromatic nitrogens is 2. The highest BCUT2D eigenvalue weighted by Gasteiger charge is 2.35. The molecule has 1 saturated heterocycles. The summed E-state index contributed by atoms with van der Waals surface area (Å²) < 4.78 is 22.1. The molecule has 0 aliphatic carbocycles. The third-order valence-corrected chi connectivity index (χ3v) is 6.56. The van der Waals surface area contributed by atoms with Crippen LogP contribution in [0.15, 0.2) is 47.2 Å². The predicted octanol–water partition coefficient (Wildman–Crippen LogP) is 1.58. The Kier molecular flexibility index (Phi) is 9.57. The summed E-state index contributed by atoms with van der Waals surface area (Å²) in [4.78, 5) is 49.2. The van der Waals surface area contributed by atoms with Crippen LogP contribution in [0.4, 0.5) is 0 Å². The molecule has 0 spiro atoms. The first-order chi connectivity index (χ1) is 20.1. The van der Waals surface area contributed by atoms with Gasteiger partial charge in [0.05, 0.1) is 13.2 Å². The van der Waals surface area contributed by atoms with E-state index in [1.54, 1.807) is 35.2 Å². The quantitative estimate of drug-likeness (QED) is 0.399. The van der Waals surface area contributed by atoms with Gasteiger partial charge in [-0.25, -0.2) is 4.63 Å². The van der Waals surface area contributed by atoms with Crippen molar-refractivity contribution in [1.29, 1.82) is 0 Å². The number of fused-ring (bicyclic) bond motifs is 7. The van der Waals surface area contributed by atoms with Gasteiger partial charge in [-0.15, -0.1) is 0 Å². The summed E-state index contributed by atoms with van der Waals surface area (Å²) in [6, 6.07) is 9.81. The number of aliphatic carboxylic acids is 1. The van der Waals surface area contributed by atoms with Crippen LogP contribution in [0, 0.1) is 6.92 Å². The summed E-state index contributed by atoms with van der Waals surface area (Å²) >= 11 is 0. The van der Waals surface area contributed by atoms with Crippen LogP contribution in [0.2, 0.25) is 0 Å². The lowest BCUT2D eigenvalue weighted by Crippen LogP contribution is -2.58. The second-order valence-corrected chi connectivity index (χ2v) is 9.61. The van der Waals surface area contributed by atoms with Crippen molar-refractivity contribution in [2.45, 2.75) is 39.0 Å². The Hall–Kier alpha value is -5.14. The Balaban J connectivity index is 0.000000952. The number of hydrogen-bond donors (Lipinski definition) is 3. The maximum absolute atomic E-state index is 13.3. The fourth-order valence-electron chi connectivity index (χ4n) is 4.47. The Morgan fingerprint density at radius 2 is 1.95 bits per heavy atom. The molecule has 0 saturated carbocycles. The van der Waals surface area contributed by atoms with Crippen molar-refractivity contribution >= 4 is 23.7 Å². The summed E-state index contributed by atoms with van der Waals surface area (Å²) in [5, 5.41) is 20.4. The molecule has 0 radical (unpaired) electrons. The summed E-state index contributed by atoms with van der Waals surface area (Å²) in [6.45, 7) is 3.51. The minimum absolute atomic E-state index is 0.0868. The first kappa shape index (κ1) is 29.8. The lowest BCUT2D eigenvalue weighted by molar-refractivity contribution is -0.134. The molecule has 3 N–H and O–H groups in total. The molecule has 3 aliphatic rings. The van der Waals surface area contributed by atoms with E-state index in [4.69, 9.17) is 24.1 Å². The van der Waals surface area contributed by atoms with E-state index in [2.05, 4.69) is 25.6 Å². The zero-order chi connectivity index (χ0) is 30.2. The number of carboxylic acids is 1. The molecule has 1 fully saturated rings. The highest BCUT2D eigenvalue weighted by Crippen LogP contribution is 2.28. The second-order valence-electron chi connectivity index (χ2n) is 9.61. The molecule has 2 aromatic carbocycles. The highest BCUT2D eigenvalue weighted by molar-refractivity contribution is 5.95. The van der Waals surface area contributed by atoms with Crippen LogP contribution in [0.5, 0.6) is 17.2 Å². The van der Waals surface area contributed by atoms with E-state index in [0.717, 1.165) is 18.1 Å². The Morgan fingerprint density at radius 3 is 2.67 bits per heavy atom. The zero-order valence-electron chi connectivity index (χ0n) is 23.3. The minimum atomic E-state index is -0.833. The number of methoxy groups -OCH3 is 1. The molecular weight excluding hydrogens is 550 g/mol. The van der Waals surface area contributed by atoms with E-state index in [1.165, 1.54) is 13.3 Å². The van der Waals surface area contributed by atoms with E-state index in [9.17, 15) is 14.4 Å². The number of amides is 3. The fraction of sp³-hybridized carbons (Fsp3) is 0.357. The van der Waals surface area contributed by atoms with Gasteiger partial charge < -0.3 is 34.9 Å². The monoisotopic (exact) mass is 581 g/mol. The minimum Gasteiger partial charge on any atom is -0.496 e. The summed E-state index contributed by atoms with van der Waals surface area (Å²) in [6.07, 6.45) is 1.27. The van der Waals surface area contributed by atoms with Gasteiger partial charge in [-0.1, -0.05) is 11.2 Å². The molecule has 2 atom stereocenters. The molecule has 0 unspecified atom stereocenters. The molecule has 4 heterocycles. The third kappa shape index (κ3) is 7.53. The van der Waals surface area contributed by atoms with Gasteiger partial charge in [0.15, 0.2) is 12.3 Å². The number of piperidine rings is 1. The van der Waals surface area contributed by atoms with Crippen LogP contribution in [0.1, 0.15) is 45.3 Å². The number of nitrogens with one attached hydrogen (secondary N) is 2. The number of hydrogen-bond acceptors (Lipinski definition) is 10. The van der Waals surface area contributed by atoms with Gasteiger partial charge in [0, 0.05) is 50.2 Å². The molecule has 3 aliphatic heterocycles. The van der Waals surface area contributed by atoms with Crippen molar-refractivity contribution in [3.8, 4) is 17.2 Å².